The molecule has 3 aromatic rings. The van der Waals surface area contributed by atoms with Gasteiger partial charge in [-0.15, -0.1) is 11.3 Å². The third kappa shape index (κ3) is 4.68. The summed E-state index contributed by atoms with van der Waals surface area (Å²) in [7, 11) is 0. The second kappa shape index (κ2) is 8.26. The Labute approximate surface area is 158 Å². The van der Waals surface area contributed by atoms with Crippen LogP contribution >= 0.6 is 11.3 Å². The van der Waals surface area contributed by atoms with Gasteiger partial charge in [0.2, 0.25) is 0 Å². The molecule has 0 radical (unpaired) electrons. The third-order valence-corrected chi connectivity index (χ3v) is 5.07. The Kier molecular flexibility index (Phi) is 5.81. The standard InChI is InChI=1S/C20H17F2NO3S/c1-12(19(24)23-10-9-13-5-7-14(21)8-6-13)26-20(25)18-11-15-16(22)3-2-4-17(15)27-18/h2-8,11-12H,9-10H2,1H3,(H,23,24)/t12-/m0/s1. The van der Waals surface area contributed by atoms with Gasteiger partial charge in [-0.05, 0) is 49.2 Å². The van der Waals surface area contributed by atoms with E-state index in [0.717, 1.165) is 16.9 Å². The Morgan fingerprint density at radius 2 is 1.89 bits per heavy atom. The van der Waals surface area contributed by atoms with Gasteiger partial charge in [0.25, 0.3) is 5.91 Å². The molecule has 0 aliphatic heterocycles. The zero-order chi connectivity index (χ0) is 19.4. The van der Waals surface area contributed by atoms with E-state index >= 15 is 0 Å². The maximum Gasteiger partial charge on any atom is 0.349 e. The molecule has 4 nitrogen and oxygen atoms in total. The van der Waals surface area contributed by atoms with Crippen molar-refractivity contribution in [1.29, 1.82) is 0 Å². The van der Waals surface area contributed by atoms with Gasteiger partial charge in [0.05, 0.1) is 0 Å². The number of carbonyl (C=O) groups is 2. The first-order valence-corrected chi connectivity index (χ1v) is 9.17. The second-order valence-electron chi connectivity index (χ2n) is 5.98. The molecule has 1 aromatic heterocycles. The van der Waals surface area contributed by atoms with Crippen molar-refractivity contribution in [2.75, 3.05) is 6.54 Å². The summed E-state index contributed by atoms with van der Waals surface area (Å²) in [5.41, 5.74) is 0.883. The van der Waals surface area contributed by atoms with Gasteiger partial charge in [0.15, 0.2) is 6.10 Å². The number of thiophene rings is 1. The number of halogens is 2. The highest BCUT2D eigenvalue weighted by molar-refractivity contribution is 7.20. The number of esters is 1. The van der Waals surface area contributed by atoms with Crippen molar-refractivity contribution in [3.8, 4) is 0 Å². The minimum Gasteiger partial charge on any atom is -0.448 e. The van der Waals surface area contributed by atoms with E-state index in [-0.39, 0.29) is 10.7 Å². The number of fused-ring (bicyclic) bond motifs is 1. The largest absolute Gasteiger partial charge is 0.448 e. The summed E-state index contributed by atoms with van der Waals surface area (Å²) < 4.78 is 32.4. The quantitative estimate of drug-likeness (QED) is 0.646. The van der Waals surface area contributed by atoms with Crippen LogP contribution in [0.15, 0.2) is 48.5 Å². The SMILES string of the molecule is C[C@H](OC(=O)c1cc2c(F)cccc2s1)C(=O)NCCc1ccc(F)cc1. The zero-order valence-corrected chi connectivity index (χ0v) is 15.3. The highest BCUT2D eigenvalue weighted by Crippen LogP contribution is 2.28. The molecule has 0 unspecified atom stereocenters. The van der Waals surface area contributed by atoms with E-state index in [0.29, 0.717) is 23.1 Å². The van der Waals surface area contributed by atoms with E-state index in [1.165, 1.54) is 31.2 Å². The lowest BCUT2D eigenvalue weighted by Gasteiger charge is -2.13. The molecule has 0 spiro atoms. The minimum absolute atomic E-state index is 0.237. The average Bonchev–Trinajstić information content (AvgIpc) is 3.09. The van der Waals surface area contributed by atoms with E-state index in [1.54, 1.807) is 24.3 Å². The molecular weight excluding hydrogens is 372 g/mol. The number of hydrogen-bond acceptors (Lipinski definition) is 4. The van der Waals surface area contributed by atoms with Crippen LogP contribution in [0.1, 0.15) is 22.2 Å². The zero-order valence-electron chi connectivity index (χ0n) is 14.5. The van der Waals surface area contributed by atoms with Crippen molar-refractivity contribution in [2.45, 2.75) is 19.4 Å². The first-order valence-electron chi connectivity index (χ1n) is 8.35. The molecule has 1 N–H and O–H groups in total. The summed E-state index contributed by atoms with van der Waals surface area (Å²) in [5.74, 6) is -1.83. The lowest BCUT2D eigenvalue weighted by molar-refractivity contribution is -0.129. The smallest absolute Gasteiger partial charge is 0.349 e. The Morgan fingerprint density at radius 1 is 1.15 bits per heavy atom. The average molecular weight is 389 g/mol. The lowest BCUT2D eigenvalue weighted by atomic mass is 10.1. The summed E-state index contributed by atoms with van der Waals surface area (Å²) in [6.07, 6.45) is -0.455. The van der Waals surface area contributed by atoms with Gasteiger partial charge in [-0.3, -0.25) is 4.79 Å². The van der Waals surface area contributed by atoms with Crippen LogP contribution in [0.5, 0.6) is 0 Å². The topological polar surface area (TPSA) is 55.4 Å². The van der Waals surface area contributed by atoms with Crippen LogP contribution in [0, 0.1) is 11.6 Å². The highest BCUT2D eigenvalue weighted by Gasteiger charge is 2.20. The Morgan fingerprint density at radius 3 is 2.59 bits per heavy atom. The molecule has 2 aromatic carbocycles. The number of amides is 1. The molecule has 0 saturated carbocycles. The normalized spacial score (nSPS) is 12.0. The van der Waals surface area contributed by atoms with E-state index in [4.69, 9.17) is 4.74 Å². The van der Waals surface area contributed by atoms with E-state index in [9.17, 15) is 18.4 Å². The van der Waals surface area contributed by atoms with Crippen molar-refractivity contribution >= 4 is 33.3 Å². The lowest BCUT2D eigenvalue weighted by Crippen LogP contribution is -2.36. The van der Waals surface area contributed by atoms with E-state index in [1.807, 2.05) is 0 Å². The molecule has 0 aliphatic rings. The maximum absolute atomic E-state index is 13.7. The number of ether oxygens (including phenoxy) is 1. The molecular formula is C20H17F2NO3S. The predicted octanol–water partition coefficient (Wildman–Crippen LogP) is 4.08. The number of nitrogens with one attached hydrogen (secondary N) is 1. The van der Waals surface area contributed by atoms with Crippen molar-refractivity contribution in [1.82, 2.24) is 5.32 Å². The third-order valence-electron chi connectivity index (χ3n) is 3.99. The Hall–Kier alpha value is -2.80. The molecule has 3 rings (SSSR count). The van der Waals surface area contributed by atoms with Gasteiger partial charge in [0.1, 0.15) is 16.5 Å². The summed E-state index contributed by atoms with van der Waals surface area (Å²) >= 11 is 1.11. The summed E-state index contributed by atoms with van der Waals surface area (Å²) in [6, 6.07) is 12.0. The highest BCUT2D eigenvalue weighted by atomic mass is 32.1. The van der Waals surface area contributed by atoms with Crippen LogP contribution in [0.25, 0.3) is 10.1 Å². The predicted molar refractivity (Wildman–Crippen MR) is 99.8 cm³/mol. The van der Waals surface area contributed by atoms with Crippen molar-refractivity contribution in [2.24, 2.45) is 0 Å². The van der Waals surface area contributed by atoms with Crippen molar-refractivity contribution < 1.29 is 23.1 Å². The molecule has 27 heavy (non-hydrogen) atoms. The van der Waals surface area contributed by atoms with Crippen LogP contribution in [0.2, 0.25) is 0 Å². The second-order valence-corrected chi connectivity index (χ2v) is 7.06. The molecule has 0 saturated heterocycles. The first-order chi connectivity index (χ1) is 12.9. The van der Waals surface area contributed by atoms with Crippen LogP contribution < -0.4 is 5.32 Å². The van der Waals surface area contributed by atoms with Crippen molar-refractivity contribution in [3.63, 3.8) is 0 Å². The van der Waals surface area contributed by atoms with Gasteiger partial charge in [-0.2, -0.15) is 0 Å². The molecule has 140 valence electrons. The molecule has 1 heterocycles. The molecule has 0 aliphatic carbocycles. The maximum atomic E-state index is 13.7. The number of hydrogen-bond donors (Lipinski definition) is 1. The molecule has 1 atom stereocenters. The molecule has 7 heteroatoms. The fourth-order valence-corrected chi connectivity index (χ4v) is 3.48. The number of carbonyl (C=O) groups excluding carboxylic acids is 2. The Bertz CT molecular complexity index is 969. The van der Waals surface area contributed by atoms with Crippen molar-refractivity contribution in [3.05, 3.63) is 70.6 Å². The molecule has 0 bridgehead atoms. The number of rotatable bonds is 6. The minimum atomic E-state index is -0.985. The van der Waals surface area contributed by atoms with E-state index < -0.39 is 23.8 Å². The molecule has 1 amide bonds. The summed E-state index contributed by atoms with van der Waals surface area (Å²) in [6.45, 7) is 1.81. The summed E-state index contributed by atoms with van der Waals surface area (Å²) in [4.78, 5) is 24.5. The summed E-state index contributed by atoms with van der Waals surface area (Å²) in [5, 5.41) is 3.02. The first kappa shape index (κ1) is 19.0. The van der Waals surface area contributed by atoms with Gasteiger partial charge >= 0.3 is 5.97 Å². The van der Waals surface area contributed by atoms with Gasteiger partial charge < -0.3 is 10.1 Å². The van der Waals surface area contributed by atoms with Gasteiger partial charge in [0, 0.05) is 16.6 Å². The van der Waals surface area contributed by atoms with Crippen LogP contribution in [-0.4, -0.2) is 24.5 Å². The van der Waals surface area contributed by atoms with Gasteiger partial charge in [-0.25, -0.2) is 13.6 Å². The number of benzene rings is 2. The Balaban J connectivity index is 1.52. The van der Waals surface area contributed by atoms with Crippen LogP contribution in [0.4, 0.5) is 8.78 Å². The fraction of sp³-hybridized carbons (Fsp3) is 0.200. The van der Waals surface area contributed by atoms with Crippen LogP contribution in [0.3, 0.4) is 0 Å². The monoisotopic (exact) mass is 389 g/mol. The molecule has 0 fully saturated rings. The van der Waals surface area contributed by atoms with Gasteiger partial charge in [-0.1, -0.05) is 18.2 Å². The van der Waals surface area contributed by atoms with E-state index in [2.05, 4.69) is 5.32 Å². The van der Waals surface area contributed by atoms with Crippen LogP contribution in [-0.2, 0) is 16.0 Å². The fourth-order valence-electron chi connectivity index (χ4n) is 2.52.